The minimum Gasteiger partial charge on any atom is -0.465 e. The number of aliphatic hydroxyl groups excluding tert-OH is 1. The number of carbonyl (C=O) groups is 3. The molecule has 0 heterocycles. The van der Waals surface area contributed by atoms with E-state index in [1.54, 1.807) is 0 Å². The number of hydrogen-bond donors (Lipinski definition) is 1. The predicted octanol–water partition coefficient (Wildman–Crippen LogP) is 4.60. The Bertz CT molecular complexity index is 549. The molecule has 0 aliphatic carbocycles. The van der Waals surface area contributed by atoms with Crippen LogP contribution in [-0.4, -0.2) is 49.4 Å². The minimum absolute atomic E-state index is 0.209. The number of carbonyl (C=O) groups excluding carboxylic acids is 3. The first-order chi connectivity index (χ1) is 15.0. The molecule has 0 fully saturated rings. The van der Waals surface area contributed by atoms with Gasteiger partial charge in [-0.1, -0.05) is 60.0 Å². The van der Waals surface area contributed by atoms with E-state index in [9.17, 15) is 19.5 Å². The van der Waals surface area contributed by atoms with Gasteiger partial charge in [0, 0.05) is 18.4 Å². The van der Waals surface area contributed by atoms with Gasteiger partial charge in [-0.05, 0) is 31.6 Å². The van der Waals surface area contributed by atoms with Gasteiger partial charge in [0.25, 0.3) is 0 Å². The summed E-state index contributed by atoms with van der Waals surface area (Å²) in [6, 6.07) is 0. The summed E-state index contributed by atoms with van der Waals surface area (Å²) in [5.41, 5.74) is -1.01. The van der Waals surface area contributed by atoms with Gasteiger partial charge in [0.2, 0.25) is 0 Å². The molecule has 0 radical (unpaired) electrons. The number of unbranched alkanes of at least 4 members (excludes halogenated alkanes) is 2. The quantitative estimate of drug-likeness (QED) is 0.139. The molecule has 32 heavy (non-hydrogen) atoms. The van der Waals surface area contributed by atoms with Crippen molar-refractivity contribution in [2.24, 2.45) is 17.3 Å². The van der Waals surface area contributed by atoms with E-state index < -0.39 is 29.9 Å². The topological polar surface area (TPSA) is 99.1 Å². The first-order valence-corrected chi connectivity index (χ1v) is 11.8. The smallest absolute Gasteiger partial charge is 0.333 e. The highest BCUT2D eigenvalue weighted by molar-refractivity contribution is 5.86. The predicted molar refractivity (Wildman–Crippen MR) is 124 cm³/mol. The number of esters is 3. The molecule has 1 N–H and O–H groups in total. The normalized spacial score (nSPS) is 11.5. The van der Waals surface area contributed by atoms with Crippen LogP contribution in [0.4, 0.5) is 0 Å². The summed E-state index contributed by atoms with van der Waals surface area (Å²) in [4.78, 5) is 36.1. The Morgan fingerprint density at radius 3 is 1.53 bits per heavy atom. The van der Waals surface area contributed by atoms with Gasteiger partial charge in [0.05, 0.1) is 12.0 Å². The van der Waals surface area contributed by atoms with E-state index in [1.807, 2.05) is 0 Å². The van der Waals surface area contributed by atoms with E-state index in [1.165, 1.54) is 6.92 Å². The van der Waals surface area contributed by atoms with E-state index in [0.29, 0.717) is 11.8 Å². The molecule has 0 unspecified atom stereocenters. The third-order valence-corrected chi connectivity index (χ3v) is 5.10. The van der Waals surface area contributed by atoms with Crippen molar-refractivity contribution in [3.05, 3.63) is 12.2 Å². The van der Waals surface area contributed by atoms with Crippen molar-refractivity contribution in [2.45, 2.75) is 86.0 Å². The van der Waals surface area contributed by atoms with Crippen LogP contribution < -0.4 is 0 Å². The Balaban J connectivity index is 4.80. The molecular formula is C25H44O7. The lowest BCUT2D eigenvalue weighted by Crippen LogP contribution is -2.42. The number of hydrogen-bond acceptors (Lipinski definition) is 7. The number of rotatable bonds is 18. The molecule has 0 rings (SSSR count). The van der Waals surface area contributed by atoms with E-state index in [0.717, 1.165) is 38.5 Å². The van der Waals surface area contributed by atoms with Gasteiger partial charge >= 0.3 is 17.9 Å². The van der Waals surface area contributed by atoms with E-state index in [2.05, 4.69) is 34.3 Å². The lowest BCUT2D eigenvalue weighted by Gasteiger charge is -2.30. The van der Waals surface area contributed by atoms with Crippen LogP contribution in [0.1, 0.15) is 86.0 Å². The number of ether oxygens (including phenoxy) is 3. The largest absolute Gasteiger partial charge is 0.465 e. The second-order valence-electron chi connectivity index (χ2n) is 9.62. The van der Waals surface area contributed by atoms with Crippen LogP contribution in [-0.2, 0) is 28.6 Å². The Hall–Kier alpha value is -1.89. The molecule has 0 amide bonds. The van der Waals surface area contributed by atoms with Crippen LogP contribution in [0, 0.1) is 17.3 Å². The molecule has 186 valence electrons. The standard InChI is InChI=1S/C25H44O7/c1-19(2)11-7-9-13-22(27)30-16-25(15-26,18-32-24(29)21(5)6)17-31-23(28)14-10-8-12-20(3)4/h19-20,26H,5,7-18H2,1-4,6H3. The van der Waals surface area contributed by atoms with Gasteiger partial charge in [0.15, 0.2) is 0 Å². The number of aliphatic hydroxyl groups is 1. The van der Waals surface area contributed by atoms with Gasteiger partial charge in [-0.2, -0.15) is 0 Å². The maximum Gasteiger partial charge on any atom is 0.333 e. The molecule has 0 aromatic heterocycles. The summed E-state index contributed by atoms with van der Waals surface area (Å²) in [6.45, 7) is 12.4. The molecular weight excluding hydrogens is 412 g/mol. The second-order valence-corrected chi connectivity index (χ2v) is 9.62. The third kappa shape index (κ3) is 15.0. The molecule has 0 aromatic carbocycles. The molecule has 7 nitrogen and oxygen atoms in total. The molecule has 7 heteroatoms. The van der Waals surface area contributed by atoms with E-state index in [4.69, 9.17) is 14.2 Å². The van der Waals surface area contributed by atoms with Crippen molar-refractivity contribution in [1.82, 2.24) is 0 Å². The van der Waals surface area contributed by atoms with Gasteiger partial charge in [0.1, 0.15) is 19.8 Å². The van der Waals surface area contributed by atoms with Gasteiger partial charge in [-0.25, -0.2) is 4.79 Å². The Labute approximate surface area is 193 Å². The minimum atomic E-state index is -1.22. The van der Waals surface area contributed by atoms with Crippen LogP contribution in [0.5, 0.6) is 0 Å². The maximum atomic E-state index is 12.1. The average Bonchev–Trinajstić information content (AvgIpc) is 2.73. The van der Waals surface area contributed by atoms with Gasteiger partial charge in [-0.15, -0.1) is 0 Å². The summed E-state index contributed by atoms with van der Waals surface area (Å²) < 4.78 is 15.9. The van der Waals surface area contributed by atoms with Crippen LogP contribution >= 0.6 is 0 Å². The fourth-order valence-electron chi connectivity index (χ4n) is 2.86. The second kappa shape index (κ2) is 16.7. The molecule has 0 bridgehead atoms. The van der Waals surface area contributed by atoms with Crippen molar-refractivity contribution in [3.63, 3.8) is 0 Å². The first-order valence-electron chi connectivity index (χ1n) is 11.8. The molecule has 0 aromatic rings. The molecule has 0 atom stereocenters. The van der Waals surface area contributed by atoms with Crippen molar-refractivity contribution < 1.29 is 33.7 Å². The first kappa shape index (κ1) is 30.1. The maximum absolute atomic E-state index is 12.1. The van der Waals surface area contributed by atoms with Crippen LogP contribution in [0.3, 0.4) is 0 Å². The SMILES string of the molecule is C=C(C)C(=O)OCC(CO)(COC(=O)CCCCC(C)C)COC(=O)CCCCC(C)C. The fraction of sp³-hybridized carbons (Fsp3) is 0.800. The Morgan fingerprint density at radius 1 is 0.781 bits per heavy atom. The lowest BCUT2D eigenvalue weighted by molar-refractivity contribution is -0.164. The van der Waals surface area contributed by atoms with Crippen LogP contribution in [0.2, 0.25) is 0 Å². The van der Waals surface area contributed by atoms with Crippen molar-refractivity contribution in [1.29, 1.82) is 0 Å². The molecule has 0 spiro atoms. The fourth-order valence-corrected chi connectivity index (χ4v) is 2.86. The zero-order valence-electron chi connectivity index (χ0n) is 20.7. The summed E-state index contributed by atoms with van der Waals surface area (Å²) in [5.74, 6) is -0.245. The summed E-state index contributed by atoms with van der Waals surface area (Å²) in [6.07, 6.45) is 5.93. The monoisotopic (exact) mass is 456 g/mol. The summed E-state index contributed by atoms with van der Waals surface area (Å²) in [5, 5.41) is 10.0. The molecule has 0 aliphatic heterocycles. The third-order valence-electron chi connectivity index (χ3n) is 5.10. The zero-order valence-corrected chi connectivity index (χ0v) is 20.7. The Morgan fingerprint density at radius 2 is 1.19 bits per heavy atom. The average molecular weight is 457 g/mol. The van der Waals surface area contributed by atoms with Crippen LogP contribution in [0.15, 0.2) is 12.2 Å². The van der Waals surface area contributed by atoms with Crippen molar-refractivity contribution in [2.75, 3.05) is 26.4 Å². The highest BCUT2D eigenvalue weighted by Gasteiger charge is 2.35. The van der Waals surface area contributed by atoms with Crippen molar-refractivity contribution in [3.8, 4) is 0 Å². The molecule has 0 aliphatic rings. The highest BCUT2D eigenvalue weighted by atomic mass is 16.6. The Kier molecular flexibility index (Phi) is 15.7. The zero-order chi connectivity index (χ0) is 24.6. The molecule has 0 saturated heterocycles. The highest BCUT2D eigenvalue weighted by Crippen LogP contribution is 2.21. The van der Waals surface area contributed by atoms with E-state index in [-0.39, 0.29) is 38.2 Å². The molecule has 0 saturated carbocycles. The van der Waals surface area contributed by atoms with Crippen LogP contribution in [0.25, 0.3) is 0 Å². The van der Waals surface area contributed by atoms with Crippen molar-refractivity contribution >= 4 is 17.9 Å². The summed E-state index contributed by atoms with van der Waals surface area (Å²) >= 11 is 0. The van der Waals surface area contributed by atoms with Gasteiger partial charge in [-0.3, -0.25) is 9.59 Å². The van der Waals surface area contributed by atoms with Gasteiger partial charge < -0.3 is 19.3 Å². The lowest BCUT2D eigenvalue weighted by atomic mass is 9.92. The summed E-state index contributed by atoms with van der Waals surface area (Å²) in [7, 11) is 0. The van der Waals surface area contributed by atoms with E-state index >= 15 is 0 Å².